The van der Waals surface area contributed by atoms with Crippen LogP contribution < -0.4 is 5.32 Å². The molecule has 2 aromatic carbocycles. The van der Waals surface area contributed by atoms with Crippen molar-refractivity contribution in [1.82, 2.24) is 4.90 Å². The van der Waals surface area contributed by atoms with Gasteiger partial charge < -0.3 is 10.2 Å². The highest BCUT2D eigenvalue weighted by Crippen LogP contribution is 2.37. The molecular formula is C19H18BrFN2O2. The summed E-state index contributed by atoms with van der Waals surface area (Å²) in [5.41, 5.74) is 2.20. The van der Waals surface area contributed by atoms with Gasteiger partial charge in [0.1, 0.15) is 12.4 Å². The summed E-state index contributed by atoms with van der Waals surface area (Å²) in [6.07, 6.45) is 0. The zero-order valence-electron chi connectivity index (χ0n) is 13.9. The summed E-state index contributed by atoms with van der Waals surface area (Å²) in [5, 5.41) is 2.86. The summed E-state index contributed by atoms with van der Waals surface area (Å²) in [7, 11) is 0. The van der Waals surface area contributed by atoms with Gasteiger partial charge in [-0.3, -0.25) is 9.59 Å². The number of amides is 2. The molecule has 0 spiro atoms. The van der Waals surface area contributed by atoms with Gasteiger partial charge in [0.25, 0.3) is 0 Å². The first-order chi connectivity index (χ1) is 11.9. The molecular weight excluding hydrogens is 387 g/mol. The minimum atomic E-state index is -0.470. The SMILES string of the molecule is CC(C)C(=O)N1CC(=O)Nc2ccc(Br)cc2[C@@H]1c1ccc(F)cc1. The fourth-order valence-electron chi connectivity index (χ4n) is 3.02. The molecule has 25 heavy (non-hydrogen) atoms. The lowest BCUT2D eigenvalue weighted by Gasteiger charge is -2.32. The van der Waals surface area contributed by atoms with Crippen LogP contribution in [0.25, 0.3) is 0 Å². The standard InChI is InChI=1S/C19H18BrFN2O2/c1-11(2)19(25)23-10-17(24)22-16-8-5-13(20)9-15(16)18(23)12-3-6-14(21)7-4-12/h3-9,11,18H,10H2,1-2H3,(H,22,24)/t18-/m0/s1. The smallest absolute Gasteiger partial charge is 0.244 e. The van der Waals surface area contributed by atoms with Crippen LogP contribution in [0.1, 0.15) is 31.0 Å². The molecule has 0 aromatic heterocycles. The van der Waals surface area contributed by atoms with Crippen LogP contribution in [0.4, 0.5) is 10.1 Å². The van der Waals surface area contributed by atoms with Crippen molar-refractivity contribution in [3.05, 3.63) is 63.9 Å². The molecule has 1 aliphatic heterocycles. The lowest BCUT2D eigenvalue weighted by Crippen LogP contribution is -2.41. The summed E-state index contributed by atoms with van der Waals surface area (Å²) in [6, 6.07) is 11.1. The molecule has 2 aromatic rings. The zero-order chi connectivity index (χ0) is 18.1. The number of halogens is 2. The Morgan fingerprint density at radius 2 is 1.92 bits per heavy atom. The van der Waals surface area contributed by atoms with Crippen LogP contribution in [0.15, 0.2) is 46.9 Å². The normalized spacial score (nSPS) is 17.1. The van der Waals surface area contributed by atoms with Crippen molar-refractivity contribution in [2.24, 2.45) is 5.92 Å². The van der Waals surface area contributed by atoms with Crippen molar-refractivity contribution in [3.8, 4) is 0 Å². The van der Waals surface area contributed by atoms with Crippen molar-refractivity contribution in [1.29, 1.82) is 0 Å². The number of benzene rings is 2. The third-order valence-electron chi connectivity index (χ3n) is 4.17. The van der Waals surface area contributed by atoms with Crippen LogP contribution in [0.3, 0.4) is 0 Å². The van der Waals surface area contributed by atoms with Crippen LogP contribution in [0.2, 0.25) is 0 Å². The monoisotopic (exact) mass is 404 g/mol. The van der Waals surface area contributed by atoms with E-state index in [-0.39, 0.29) is 30.1 Å². The average molecular weight is 405 g/mol. The van der Waals surface area contributed by atoms with E-state index in [4.69, 9.17) is 0 Å². The van der Waals surface area contributed by atoms with Gasteiger partial charge in [0.05, 0.1) is 6.04 Å². The van der Waals surface area contributed by atoms with E-state index < -0.39 is 6.04 Å². The number of anilines is 1. The summed E-state index contributed by atoms with van der Waals surface area (Å²) >= 11 is 3.45. The molecule has 0 fully saturated rings. The van der Waals surface area contributed by atoms with Crippen molar-refractivity contribution in [2.75, 3.05) is 11.9 Å². The van der Waals surface area contributed by atoms with E-state index in [9.17, 15) is 14.0 Å². The van der Waals surface area contributed by atoms with Crippen LogP contribution in [-0.4, -0.2) is 23.3 Å². The number of carbonyl (C=O) groups excluding carboxylic acids is 2. The highest BCUT2D eigenvalue weighted by Gasteiger charge is 2.34. The Hall–Kier alpha value is -2.21. The van der Waals surface area contributed by atoms with Gasteiger partial charge in [0.2, 0.25) is 11.8 Å². The van der Waals surface area contributed by atoms with Gasteiger partial charge in [-0.15, -0.1) is 0 Å². The highest BCUT2D eigenvalue weighted by atomic mass is 79.9. The lowest BCUT2D eigenvalue weighted by atomic mass is 9.95. The van der Waals surface area contributed by atoms with Crippen LogP contribution in [0.5, 0.6) is 0 Å². The molecule has 0 saturated heterocycles. The molecule has 0 saturated carbocycles. The molecule has 0 aliphatic carbocycles. The van der Waals surface area contributed by atoms with E-state index in [1.54, 1.807) is 36.9 Å². The first-order valence-electron chi connectivity index (χ1n) is 8.02. The van der Waals surface area contributed by atoms with Crippen molar-refractivity contribution in [3.63, 3.8) is 0 Å². The number of nitrogens with one attached hydrogen (secondary N) is 1. The number of hydrogen-bond acceptors (Lipinski definition) is 2. The molecule has 6 heteroatoms. The second kappa shape index (κ2) is 6.96. The molecule has 1 N–H and O–H groups in total. The predicted octanol–water partition coefficient (Wildman–Crippen LogP) is 4.11. The van der Waals surface area contributed by atoms with Gasteiger partial charge in [-0.05, 0) is 35.9 Å². The quantitative estimate of drug-likeness (QED) is 0.818. The Morgan fingerprint density at radius 3 is 2.56 bits per heavy atom. The van der Waals surface area contributed by atoms with Gasteiger partial charge in [-0.1, -0.05) is 41.9 Å². The van der Waals surface area contributed by atoms with E-state index in [2.05, 4.69) is 21.2 Å². The van der Waals surface area contributed by atoms with E-state index in [0.29, 0.717) is 5.69 Å². The maximum absolute atomic E-state index is 13.4. The van der Waals surface area contributed by atoms with Crippen molar-refractivity contribution >= 4 is 33.4 Å². The Balaban J connectivity index is 2.21. The Bertz CT molecular complexity index is 821. The van der Waals surface area contributed by atoms with Gasteiger partial charge in [-0.2, -0.15) is 0 Å². The van der Waals surface area contributed by atoms with Gasteiger partial charge in [0, 0.05) is 21.6 Å². The molecule has 0 radical (unpaired) electrons. The van der Waals surface area contributed by atoms with Crippen LogP contribution in [-0.2, 0) is 9.59 Å². The number of fused-ring (bicyclic) bond motifs is 1. The number of carbonyl (C=O) groups is 2. The molecule has 1 atom stereocenters. The van der Waals surface area contributed by atoms with Crippen molar-refractivity contribution in [2.45, 2.75) is 19.9 Å². The first-order valence-corrected chi connectivity index (χ1v) is 8.81. The Kier molecular flexibility index (Phi) is 4.90. The summed E-state index contributed by atoms with van der Waals surface area (Å²) in [4.78, 5) is 26.7. The van der Waals surface area contributed by atoms with Crippen molar-refractivity contribution < 1.29 is 14.0 Å². The topological polar surface area (TPSA) is 49.4 Å². The molecule has 1 heterocycles. The minimum absolute atomic E-state index is 0.0502. The maximum Gasteiger partial charge on any atom is 0.244 e. The summed E-state index contributed by atoms with van der Waals surface area (Å²) in [6.45, 7) is 3.55. The first kappa shape index (κ1) is 17.6. The largest absolute Gasteiger partial charge is 0.324 e. The molecule has 1 aliphatic rings. The second-order valence-electron chi connectivity index (χ2n) is 6.35. The number of hydrogen-bond donors (Lipinski definition) is 1. The molecule has 130 valence electrons. The Labute approximate surface area is 154 Å². The van der Waals surface area contributed by atoms with E-state index >= 15 is 0 Å². The van der Waals surface area contributed by atoms with Gasteiger partial charge >= 0.3 is 0 Å². The summed E-state index contributed by atoms with van der Waals surface area (Å²) in [5.74, 6) is -0.980. The molecule has 0 unspecified atom stereocenters. The predicted molar refractivity (Wildman–Crippen MR) is 97.6 cm³/mol. The zero-order valence-corrected chi connectivity index (χ0v) is 15.5. The molecule has 3 rings (SSSR count). The highest BCUT2D eigenvalue weighted by molar-refractivity contribution is 9.10. The average Bonchev–Trinajstić information content (AvgIpc) is 2.70. The van der Waals surface area contributed by atoms with Gasteiger partial charge in [-0.25, -0.2) is 4.39 Å². The lowest BCUT2D eigenvalue weighted by molar-refractivity contribution is -0.139. The second-order valence-corrected chi connectivity index (χ2v) is 7.27. The fraction of sp³-hybridized carbons (Fsp3) is 0.263. The van der Waals surface area contributed by atoms with Crippen LogP contribution >= 0.6 is 15.9 Å². The van der Waals surface area contributed by atoms with Gasteiger partial charge in [0.15, 0.2) is 0 Å². The number of rotatable bonds is 2. The minimum Gasteiger partial charge on any atom is -0.324 e. The van der Waals surface area contributed by atoms with E-state index in [0.717, 1.165) is 15.6 Å². The maximum atomic E-state index is 13.4. The fourth-order valence-corrected chi connectivity index (χ4v) is 3.40. The summed E-state index contributed by atoms with van der Waals surface area (Å²) < 4.78 is 14.2. The van der Waals surface area contributed by atoms with E-state index in [1.807, 2.05) is 12.1 Å². The Morgan fingerprint density at radius 1 is 1.24 bits per heavy atom. The van der Waals surface area contributed by atoms with Crippen LogP contribution in [0, 0.1) is 11.7 Å². The molecule has 0 bridgehead atoms. The molecule has 4 nitrogen and oxygen atoms in total. The third-order valence-corrected chi connectivity index (χ3v) is 4.66. The third kappa shape index (κ3) is 3.58. The van der Waals surface area contributed by atoms with E-state index in [1.165, 1.54) is 12.1 Å². The number of nitrogens with zero attached hydrogens (tertiary/aromatic N) is 1. The molecule has 2 amide bonds.